The smallest absolute Gasteiger partial charge is 0.309 e. The largest absolute Gasteiger partial charge is 0.335 e. The molecule has 6 nitrogen and oxygen atoms in total. The van der Waals surface area contributed by atoms with E-state index in [1.54, 1.807) is 39.8 Å². The first kappa shape index (κ1) is 24.1. The van der Waals surface area contributed by atoms with Crippen LogP contribution in [-0.4, -0.2) is 26.4 Å². The van der Waals surface area contributed by atoms with Crippen molar-refractivity contribution in [2.45, 2.75) is 40.0 Å². The molecule has 0 N–H and O–H groups in total. The summed E-state index contributed by atoms with van der Waals surface area (Å²) in [6.45, 7) is 7.98. The van der Waals surface area contributed by atoms with Gasteiger partial charge in [0.15, 0.2) is 0 Å². The maximum atomic E-state index is 12.7. The molecule has 1 rings (SSSR count). The highest BCUT2D eigenvalue weighted by Crippen LogP contribution is 2.54. The molecule has 0 fully saturated rings. The SMILES string of the molecule is CCOP(=O)(Cc1cc(Cl)c(CP(=O)(OCC)OCC)cc1Cl)OCC. The monoisotopic (exact) mass is 446 g/mol. The Bertz CT molecular complexity index is 605. The molecule has 0 heterocycles. The molecule has 0 bridgehead atoms. The third kappa shape index (κ3) is 7.26. The molecule has 0 aliphatic rings. The Balaban J connectivity index is 3.11. The predicted molar refractivity (Wildman–Crippen MR) is 106 cm³/mol. The van der Waals surface area contributed by atoms with Crippen molar-refractivity contribution in [1.82, 2.24) is 0 Å². The van der Waals surface area contributed by atoms with Crippen molar-refractivity contribution in [1.29, 1.82) is 0 Å². The van der Waals surface area contributed by atoms with Crippen LogP contribution in [0.5, 0.6) is 0 Å². The van der Waals surface area contributed by atoms with Crippen molar-refractivity contribution in [2.24, 2.45) is 0 Å². The van der Waals surface area contributed by atoms with E-state index in [0.717, 1.165) is 0 Å². The van der Waals surface area contributed by atoms with Crippen molar-refractivity contribution < 1.29 is 27.2 Å². The number of halogens is 2. The topological polar surface area (TPSA) is 71.1 Å². The maximum Gasteiger partial charge on any atom is 0.335 e. The minimum Gasteiger partial charge on any atom is -0.309 e. The Kier molecular flexibility index (Phi) is 10.4. The molecule has 0 atom stereocenters. The van der Waals surface area contributed by atoms with E-state index in [2.05, 4.69) is 0 Å². The second-order valence-corrected chi connectivity index (χ2v) is 10.2. The summed E-state index contributed by atoms with van der Waals surface area (Å²) in [5.41, 5.74) is 1.07. The maximum absolute atomic E-state index is 12.7. The van der Waals surface area contributed by atoms with Gasteiger partial charge in [-0.2, -0.15) is 0 Å². The van der Waals surface area contributed by atoms with Crippen LogP contribution in [-0.2, 0) is 39.5 Å². The van der Waals surface area contributed by atoms with E-state index in [4.69, 9.17) is 41.3 Å². The van der Waals surface area contributed by atoms with Crippen molar-refractivity contribution >= 4 is 38.4 Å². The average Bonchev–Trinajstić information content (AvgIpc) is 2.53. The van der Waals surface area contributed by atoms with Crippen molar-refractivity contribution in [3.63, 3.8) is 0 Å². The summed E-state index contributed by atoms with van der Waals surface area (Å²) < 4.78 is 46.6. The fraction of sp³-hybridized carbons (Fsp3) is 0.625. The average molecular weight is 447 g/mol. The molecular formula is C16H26Cl2O6P2. The fourth-order valence-electron chi connectivity index (χ4n) is 2.33. The van der Waals surface area contributed by atoms with Gasteiger partial charge in [-0.3, -0.25) is 9.13 Å². The van der Waals surface area contributed by atoms with Crippen LogP contribution in [0.4, 0.5) is 0 Å². The van der Waals surface area contributed by atoms with Crippen LogP contribution in [0.2, 0.25) is 10.0 Å². The second-order valence-electron chi connectivity index (χ2n) is 5.24. The number of hydrogen-bond acceptors (Lipinski definition) is 6. The lowest BCUT2D eigenvalue weighted by Crippen LogP contribution is -2.02. The zero-order valence-corrected chi connectivity index (χ0v) is 18.8. The van der Waals surface area contributed by atoms with Crippen molar-refractivity contribution in [2.75, 3.05) is 26.4 Å². The molecule has 1 aromatic carbocycles. The van der Waals surface area contributed by atoms with Crippen LogP contribution < -0.4 is 0 Å². The van der Waals surface area contributed by atoms with Crippen LogP contribution >= 0.6 is 38.4 Å². The summed E-state index contributed by atoms with van der Waals surface area (Å²) in [6.07, 6.45) is 0.00415. The van der Waals surface area contributed by atoms with E-state index in [-0.39, 0.29) is 38.8 Å². The Morgan fingerprint density at radius 3 is 1.19 bits per heavy atom. The van der Waals surface area contributed by atoms with Crippen LogP contribution in [0.3, 0.4) is 0 Å². The highest BCUT2D eigenvalue weighted by molar-refractivity contribution is 7.53. The molecule has 0 amide bonds. The lowest BCUT2D eigenvalue weighted by Gasteiger charge is -2.20. The lowest BCUT2D eigenvalue weighted by molar-refractivity contribution is 0.218. The van der Waals surface area contributed by atoms with Crippen molar-refractivity contribution in [3.8, 4) is 0 Å². The van der Waals surface area contributed by atoms with E-state index in [1.807, 2.05) is 0 Å². The summed E-state index contributed by atoms with van der Waals surface area (Å²) in [6, 6.07) is 3.18. The number of hydrogen-bond donors (Lipinski definition) is 0. The fourth-order valence-corrected chi connectivity index (χ4v) is 6.47. The molecule has 10 heteroatoms. The van der Waals surface area contributed by atoms with Gasteiger partial charge in [0.05, 0.1) is 38.8 Å². The van der Waals surface area contributed by atoms with E-state index in [1.165, 1.54) is 0 Å². The molecule has 150 valence electrons. The summed E-state index contributed by atoms with van der Waals surface area (Å²) in [5.74, 6) is 0. The molecule has 0 saturated carbocycles. The van der Waals surface area contributed by atoms with Gasteiger partial charge in [-0.1, -0.05) is 23.2 Å². The minimum absolute atomic E-state index is 0.00208. The van der Waals surface area contributed by atoms with Gasteiger partial charge < -0.3 is 18.1 Å². The molecule has 0 radical (unpaired) electrons. The quantitative estimate of drug-likeness (QED) is 0.340. The van der Waals surface area contributed by atoms with Gasteiger partial charge in [0.2, 0.25) is 0 Å². The highest BCUT2D eigenvalue weighted by Gasteiger charge is 2.28. The standard InChI is InChI=1S/C16H26Cl2O6P2/c1-5-21-25(19,22-6-2)11-13-9-16(18)14(10-15(13)17)12-26(20,23-7-3)24-8-4/h9-10H,5-8,11-12H2,1-4H3. The summed E-state index contributed by atoms with van der Waals surface area (Å²) in [5, 5.41) is 0.673. The van der Waals surface area contributed by atoms with E-state index < -0.39 is 15.2 Å². The molecule has 0 aliphatic carbocycles. The Morgan fingerprint density at radius 1 is 0.692 bits per heavy atom. The van der Waals surface area contributed by atoms with Gasteiger partial charge in [0.25, 0.3) is 0 Å². The molecule has 0 saturated heterocycles. The van der Waals surface area contributed by atoms with Crippen molar-refractivity contribution in [3.05, 3.63) is 33.3 Å². The summed E-state index contributed by atoms with van der Waals surface area (Å²) >= 11 is 12.7. The molecule has 0 aromatic heterocycles. The van der Waals surface area contributed by atoms with Gasteiger partial charge >= 0.3 is 15.2 Å². The van der Waals surface area contributed by atoms with Crippen LogP contribution in [0.1, 0.15) is 38.8 Å². The van der Waals surface area contributed by atoms with Crippen LogP contribution in [0.15, 0.2) is 12.1 Å². The van der Waals surface area contributed by atoms with E-state index in [0.29, 0.717) is 21.2 Å². The molecule has 0 aliphatic heterocycles. The van der Waals surface area contributed by atoms with Gasteiger partial charge in [-0.05, 0) is 51.0 Å². The predicted octanol–water partition coefficient (Wildman–Crippen LogP) is 6.53. The Labute approximate surface area is 165 Å². The molecular weight excluding hydrogens is 421 g/mol. The second kappa shape index (κ2) is 11.2. The minimum atomic E-state index is -3.31. The zero-order valence-electron chi connectivity index (χ0n) is 15.5. The first-order valence-electron chi connectivity index (χ1n) is 8.45. The first-order chi connectivity index (χ1) is 12.2. The van der Waals surface area contributed by atoms with Gasteiger partial charge in [0, 0.05) is 10.0 Å². The first-order valence-corrected chi connectivity index (χ1v) is 12.7. The van der Waals surface area contributed by atoms with Gasteiger partial charge in [0.1, 0.15) is 0 Å². The van der Waals surface area contributed by atoms with Crippen LogP contribution in [0, 0.1) is 0 Å². The van der Waals surface area contributed by atoms with Gasteiger partial charge in [-0.15, -0.1) is 0 Å². The molecule has 0 unspecified atom stereocenters. The Hall–Kier alpha value is 0.1000. The number of benzene rings is 1. The highest BCUT2D eigenvalue weighted by atomic mass is 35.5. The normalized spacial score (nSPS) is 12.5. The molecule has 0 spiro atoms. The Morgan fingerprint density at radius 2 is 0.962 bits per heavy atom. The summed E-state index contributed by atoms with van der Waals surface area (Å²) in [4.78, 5) is 0. The summed E-state index contributed by atoms with van der Waals surface area (Å²) in [7, 11) is -6.63. The zero-order chi connectivity index (χ0) is 19.8. The third-order valence-corrected chi connectivity index (χ3v) is 8.01. The van der Waals surface area contributed by atoms with E-state index in [9.17, 15) is 9.13 Å². The molecule has 26 heavy (non-hydrogen) atoms. The van der Waals surface area contributed by atoms with Gasteiger partial charge in [-0.25, -0.2) is 0 Å². The van der Waals surface area contributed by atoms with Crippen LogP contribution in [0.25, 0.3) is 0 Å². The van der Waals surface area contributed by atoms with E-state index >= 15 is 0 Å². The molecule has 1 aromatic rings. The third-order valence-electron chi connectivity index (χ3n) is 3.25. The lowest BCUT2D eigenvalue weighted by atomic mass is 10.2. The number of rotatable bonds is 12.